The highest BCUT2D eigenvalue weighted by atomic mass is 32.2. The fourth-order valence-corrected chi connectivity index (χ4v) is 3.04. The second-order valence-electron chi connectivity index (χ2n) is 4.96. The zero-order valence-electron chi connectivity index (χ0n) is 12.4. The molecule has 1 aliphatic rings. The molecule has 1 aliphatic heterocycles. The predicted molar refractivity (Wildman–Crippen MR) is 85.0 cm³/mol. The number of rotatable bonds is 3. The summed E-state index contributed by atoms with van der Waals surface area (Å²) in [5, 5.41) is 0. The van der Waals surface area contributed by atoms with Crippen molar-refractivity contribution in [2.75, 3.05) is 24.3 Å². The largest absolute Gasteiger partial charge is 0.486 e. The van der Waals surface area contributed by atoms with Crippen LogP contribution in [0.25, 0.3) is 0 Å². The van der Waals surface area contributed by atoms with Crippen LogP contribution in [0.4, 0.5) is 14.5 Å². The molecule has 23 heavy (non-hydrogen) atoms. The lowest BCUT2D eigenvalue weighted by molar-refractivity contribution is 0.0969. The number of aromatic nitrogens is 1. The number of halogens is 2. The van der Waals surface area contributed by atoms with Gasteiger partial charge in [0.1, 0.15) is 18.0 Å². The summed E-state index contributed by atoms with van der Waals surface area (Å²) < 4.78 is 33.2. The fraction of sp³-hybridized carbons (Fsp3) is 0.250. The van der Waals surface area contributed by atoms with Crippen LogP contribution < -0.4 is 9.64 Å². The summed E-state index contributed by atoms with van der Waals surface area (Å²) in [6, 6.07) is 5.53. The predicted octanol–water partition coefficient (Wildman–Crippen LogP) is 3.26. The SMILES string of the molecule is CSCc1cccnc1C(=O)N1CCOc2c(F)ccc(F)c21. The van der Waals surface area contributed by atoms with Gasteiger partial charge in [-0.2, -0.15) is 11.8 Å². The average molecular weight is 336 g/mol. The summed E-state index contributed by atoms with van der Waals surface area (Å²) in [4.78, 5) is 18.2. The van der Waals surface area contributed by atoms with E-state index >= 15 is 0 Å². The fourth-order valence-electron chi connectivity index (χ4n) is 2.50. The van der Waals surface area contributed by atoms with Gasteiger partial charge in [-0.1, -0.05) is 6.07 Å². The van der Waals surface area contributed by atoms with Crippen molar-refractivity contribution in [3.63, 3.8) is 0 Å². The molecule has 0 spiro atoms. The average Bonchev–Trinajstić information content (AvgIpc) is 2.58. The van der Waals surface area contributed by atoms with Crippen LogP contribution in [0.5, 0.6) is 5.75 Å². The molecule has 0 bridgehead atoms. The lowest BCUT2D eigenvalue weighted by Gasteiger charge is -2.30. The van der Waals surface area contributed by atoms with E-state index in [0.29, 0.717) is 5.75 Å². The van der Waals surface area contributed by atoms with Crippen LogP contribution in [-0.2, 0) is 5.75 Å². The molecule has 0 radical (unpaired) electrons. The van der Waals surface area contributed by atoms with Crippen molar-refractivity contribution in [1.29, 1.82) is 0 Å². The molecule has 0 N–H and O–H groups in total. The number of pyridine rings is 1. The van der Waals surface area contributed by atoms with Crippen LogP contribution in [0.15, 0.2) is 30.5 Å². The number of amides is 1. The molecule has 1 amide bonds. The highest BCUT2D eigenvalue weighted by molar-refractivity contribution is 7.97. The van der Waals surface area contributed by atoms with Gasteiger partial charge in [-0.25, -0.2) is 8.78 Å². The maximum atomic E-state index is 14.2. The minimum Gasteiger partial charge on any atom is -0.486 e. The summed E-state index contributed by atoms with van der Waals surface area (Å²) in [5.74, 6) is -1.46. The number of hydrogen-bond donors (Lipinski definition) is 0. The van der Waals surface area contributed by atoms with Crippen molar-refractivity contribution in [2.24, 2.45) is 0 Å². The third-order valence-corrected chi connectivity index (χ3v) is 4.10. The zero-order chi connectivity index (χ0) is 16.4. The summed E-state index contributed by atoms with van der Waals surface area (Å²) in [6.45, 7) is 0.241. The molecule has 0 unspecified atom stereocenters. The molecule has 3 rings (SSSR count). The van der Waals surface area contributed by atoms with Crippen molar-refractivity contribution in [3.05, 3.63) is 53.4 Å². The number of carbonyl (C=O) groups excluding carboxylic acids is 1. The van der Waals surface area contributed by atoms with Gasteiger partial charge in [0.05, 0.1) is 6.54 Å². The Morgan fingerprint density at radius 1 is 1.35 bits per heavy atom. The number of benzene rings is 1. The third kappa shape index (κ3) is 2.88. The molecule has 2 aromatic rings. The van der Waals surface area contributed by atoms with Crippen LogP contribution in [0.2, 0.25) is 0 Å². The van der Waals surface area contributed by atoms with Gasteiger partial charge >= 0.3 is 0 Å². The first-order valence-corrected chi connectivity index (χ1v) is 8.38. The van der Waals surface area contributed by atoms with Crippen molar-refractivity contribution in [1.82, 2.24) is 4.98 Å². The first-order valence-electron chi connectivity index (χ1n) is 6.99. The topological polar surface area (TPSA) is 42.4 Å². The lowest BCUT2D eigenvalue weighted by Crippen LogP contribution is -2.39. The number of hydrogen-bond acceptors (Lipinski definition) is 4. The number of thioether (sulfide) groups is 1. The van der Waals surface area contributed by atoms with E-state index in [0.717, 1.165) is 17.7 Å². The molecular weight excluding hydrogens is 322 g/mol. The summed E-state index contributed by atoms with van der Waals surface area (Å²) in [6.07, 6.45) is 3.43. The van der Waals surface area contributed by atoms with Crippen molar-refractivity contribution >= 4 is 23.4 Å². The van der Waals surface area contributed by atoms with Gasteiger partial charge in [0.2, 0.25) is 0 Å². The van der Waals surface area contributed by atoms with E-state index in [2.05, 4.69) is 4.98 Å². The summed E-state index contributed by atoms with van der Waals surface area (Å²) in [5.41, 5.74) is 0.843. The van der Waals surface area contributed by atoms with E-state index < -0.39 is 17.5 Å². The Morgan fingerprint density at radius 3 is 2.91 bits per heavy atom. The van der Waals surface area contributed by atoms with Gasteiger partial charge < -0.3 is 4.74 Å². The van der Waals surface area contributed by atoms with E-state index in [9.17, 15) is 13.6 Å². The quantitative estimate of drug-likeness (QED) is 0.863. The molecule has 120 valence electrons. The Morgan fingerprint density at radius 2 is 2.13 bits per heavy atom. The van der Waals surface area contributed by atoms with Gasteiger partial charge in [-0.15, -0.1) is 0 Å². The number of carbonyl (C=O) groups is 1. The van der Waals surface area contributed by atoms with Crippen molar-refractivity contribution in [3.8, 4) is 5.75 Å². The van der Waals surface area contributed by atoms with Gasteiger partial charge in [-0.3, -0.25) is 14.7 Å². The molecular formula is C16H14F2N2O2S. The normalized spacial score (nSPS) is 13.4. The number of nitrogens with zero attached hydrogens (tertiary/aromatic N) is 2. The molecule has 1 aromatic carbocycles. The smallest absolute Gasteiger partial charge is 0.277 e. The van der Waals surface area contributed by atoms with Gasteiger partial charge in [-0.05, 0) is 30.0 Å². The molecule has 1 aromatic heterocycles. The highest BCUT2D eigenvalue weighted by Crippen LogP contribution is 2.37. The molecule has 7 heteroatoms. The maximum Gasteiger partial charge on any atom is 0.277 e. The van der Waals surface area contributed by atoms with E-state index in [1.807, 2.05) is 6.26 Å². The van der Waals surface area contributed by atoms with Crippen LogP contribution in [-0.4, -0.2) is 30.3 Å². The van der Waals surface area contributed by atoms with E-state index in [-0.39, 0.29) is 30.3 Å². The molecule has 4 nitrogen and oxygen atoms in total. The lowest BCUT2D eigenvalue weighted by atomic mass is 10.1. The minimum atomic E-state index is -0.697. The Hall–Kier alpha value is -2.15. The first kappa shape index (κ1) is 15.7. The molecule has 0 atom stereocenters. The Balaban J connectivity index is 2.05. The van der Waals surface area contributed by atoms with Crippen molar-refractivity contribution < 1.29 is 18.3 Å². The first-order chi connectivity index (χ1) is 11.1. The van der Waals surface area contributed by atoms with Gasteiger partial charge in [0.15, 0.2) is 17.4 Å². The Labute approximate surface area is 136 Å². The second kappa shape index (κ2) is 6.54. The molecule has 2 heterocycles. The molecule has 0 saturated heterocycles. The minimum absolute atomic E-state index is 0.101. The van der Waals surface area contributed by atoms with Crippen LogP contribution in [0.3, 0.4) is 0 Å². The van der Waals surface area contributed by atoms with E-state index in [1.165, 1.54) is 11.1 Å². The van der Waals surface area contributed by atoms with E-state index in [1.54, 1.807) is 23.9 Å². The maximum absolute atomic E-state index is 14.2. The van der Waals surface area contributed by atoms with Crippen LogP contribution >= 0.6 is 11.8 Å². The summed E-state index contributed by atoms with van der Waals surface area (Å²) >= 11 is 1.55. The monoisotopic (exact) mass is 336 g/mol. The Kier molecular flexibility index (Phi) is 4.47. The van der Waals surface area contributed by atoms with Gasteiger partial charge in [0.25, 0.3) is 5.91 Å². The summed E-state index contributed by atoms with van der Waals surface area (Å²) in [7, 11) is 0. The van der Waals surface area contributed by atoms with Gasteiger partial charge in [0, 0.05) is 11.9 Å². The third-order valence-electron chi connectivity index (χ3n) is 3.50. The van der Waals surface area contributed by atoms with Crippen molar-refractivity contribution in [2.45, 2.75) is 5.75 Å². The molecule has 0 aliphatic carbocycles. The number of anilines is 1. The molecule has 0 fully saturated rings. The highest BCUT2D eigenvalue weighted by Gasteiger charge is 2.31. The number of fused-ring (bicyclic) bond motifs is 1. The molecule has 0 saturated carbocycles. The Bertz CT molecular complexity index is 755. The van der Waals surface area contributed by atoms with E-state index in [4.69, 9.17) is 4.74 Å². The van der Waals surface area contributed by atoms with Crippen LogP contribution in [0.1, 0.15) is 16.1 Å². The number of ether oxygens (including phenoxy) is 1. The van der Waals surface area contributed by atoms with Crippen LogP contribution in [0, 0.1) is 11.6 Å². The zero-order valence-corrected chi connectivity index (χ0v) is 13.2. The second-order valence-corrected chi connectivity index (χ2v) is 5.82. The standard InChI is InChI=1S/C16H14F2N2O2S/c1-23-9-10-3-2-6-19-13(10)16(21)20-7-8-22-15-12(18)5-4-11(17)14(15)20/h2-6H,7-9H2,1H3.